The van der Waals surface area contributed by atoms with Gasteiger partial charge in [0.05, 0.1) is 28.5 Å². The van der Waals surface area contributed by atoms with Gasteiger partial charge < -0.3 is 5.32 Å². The van der Waals surface area contributed by atoms with Crippen molar-refractivity contribution in [2.75, 3.05) is 5.32 Å². The smallest absolute Gasteiger partial charge is 0.283 e. The maximum Gasteiger partial charge on any atom is 0.283 e. The highest BCUT2D eigenvalue weighted by molar-refractivity contribution is 6.32. The molecule has 3 aromatic rings. The summed E-state index contributed by atoms with van der Waals surface area (Å²) in [7, 11) is 0. The number of carbonyl (C=O) groups excluding carboxylic acids is 1. The van der Waals surface area contributed by atoms with Crippen molar-refractivity contribution < 1.29 is 13.6 Å². The molecule has 4 rings (SSSR count). The van der Waals surface area contributed by atoms with E-state index in [1.54, 1.807) is 23.1 Å². The number of amides is 1. The SMILES string of the molecule is O=C(Cn1nc(C(F)F)c(Cl)c1C1CC1)Nc1cccc(Cn2cc(Cl)cn2)c1. The third-order valence-corrected chi connectivity index (χ3v) is 5.16. The lowest BCUT2D eigenvalue weighted by molar-refractivity contribution is -0.117. The molecule has 0 radical (unpaired) electrons. The number of carbonyl (C=O) groups is 1. The Morgan fingerprint density at radius 3 is 2.76 bits per heavy atom. The Balaban J connectivity index is 1.46. The molecule has 29 heavy (non-hydrogen) atoms. The van der Waals surface area contributed by atoms with Crippen LogP contribution in [0.1, 0.15) is 42.1 Å². The summed E-state index contributed by atoms with van der Waals surface area (Å²) in [6.07, 6.45) is 2.18. The first-order chi connectivity index (χ1) is 13.9. The number of aromatic nitrogens is 4. The van der Waals surface area contributed by atoms with Gasteiger partial charge in [-0.1, -0.05) is 35.3 Å². The second kappa shape index (κ2) is 8.12. The Morgan fingerprint density at radius 1 is 1.31 bits per heavy atom. The minimum atomic E-state index is -2.78. The van der Waals surface area contributed by atoms with Crippen LogP contribution in [0.25, 0.3) is 0 Å². The molecule has 0 saturated heterocycles. The summed E-state index contributed by atoms with van der Waals surface area (Å²) in [6, 6.07) is 7.28. The normalized spacial score (nSPS) is 13.8. The van der Waals surface area contributed by atoms with E-state index in [0.29, 0.717) is 22.9 Å². The summed E-state index contributed by atoms with van der Waals surface area (Å²) >= 11 is 12.0. The van der Waals surface area contributed by atoms with E-state index < -0.39 is 12.1 Å². The van der Waals surface area contributed by atoms with Gasteiger partial charge in [0.1, 0.15) is 12.2 Å². The predicted octanol–water partition coefficient (Wildman–Crippen LogP) is 4.89. The van der Waals surface area contributed by atoms with Crippen LogP contribution in [-0.4, -0.2) is 25.5 Å². The van der Waals surface area contributed by atoms with Gasteiger partial charge in [-0.15, -0.1) is 0 Å². The zero-order chi connectivity index (χ0) is 20.5. The van der Waals surface area contributed by atoms with Crippen molar-refractivity contribution >= 4 is 34.8 Å². The van der Waals surface area contributed by atoms with Crippen LogP contribution in [0.4, 0.5) is 14.5 Å². The number of nitrogens with one attached hydrogen (secondary N) is 1. The molecule has 0 spiro atoms. The lowest BCUT2D eigenvalue weighted by Crippen LogP contribution is -2.21. The van der Waals surface area contributed by atoms with E-state index in [1.807, 2.05) is 18.2 Å². The van der Waals surface area contributed by atoms with Gasteiger partial charge in [-0.25, -0.2) is 8.78 Å². The standard InChI is InChI=1S/C19H17Cl2F2N5O/c20-13-7-24-27(9-13)8-11-2-1-3-14(6-11)25-15(29)10-28-18(12-4-5-12)16(21)17(26-28)19(22)23/h1-3,6-7,9,12,19H,4-5,8,10H2,(H,25,29). The molecule has 0 unspecified atom stereocenters. The van der Waals surface area contributed by atoms with Crippen molar-refractivity contribution in [2.24, 2.45) is 0 Å². The summed E-state index contributed by atoms with van der Waals surface area (Å²) in [6.45, 7) is 0.312. The van der Waals surface area contributed by atoms with Crippen molar-refractivity contribution in [3.63, 3.8) is 0 Å². The molecule has 1 amide bonds. The average molecular weight is 440 g/mol. The Labute approximate surface area is 175 Å². The maximum absolute atomic E-state index is 13.1. The van der Waals surface area contributed by atoms with Gasteiger partial charge >= 0.3 is 0 Å². The summed E-state index contributed by atoms with van der Waals surface area (Å²) < 4.78 is 29.3. The van der Waals surface area contributed by atoms with Crippen LogP contribution in [0.2, 0.25) is 10.0 Å². The fourth-order valence-electron chi connectivity index (χ4n) is 3.17. The van der Waals surface area contributed by atoms with Gasteiger partial charge in [-0.2, -0.15) is 10.2 Å². The van der Waals surface area contributed by atoms with Crippen LogP contribution in [0.3, 0.4) is 0 Å². The van der Waals surface area contributed by atoms with E-state index in [2.05, 4.69) is 15.5 Å². The Bertz CT molecular complexity index is 1050. The average Bonchev–Trinajstić information content (AvgIpc) is 3.32. The molecule has 0 bridgehead atoms. The number of hydrogen-bond acceptors (Lipinski definition) is 3. The van der Waals surface area contributed by atoms with Crippen LogP contribution in [0, 0.1) is 0 Å². The summed E-state index contributed by atoms with van der Waals surface area (Å²) in [5, 5.41) is 11.3. The Morgan fingerprint density at radius 2 is 2.10 bits per heavy atom. The van der Waals surface area contributed by atoms with Crippen molar-refractivity contribution in [1.82, 2.24) is 19.6 Å². The van der Waals surface area contributed by atoms with E-state index >= 15 is 0 Å². The predicted molar refractivity (Wildman–Crippen MR) is 106 cm³/mol. The van der Waals surface area contributed by atoms with Gasteiger partial charge in [0.15, 0.2) is 0 Å². The van der Waals surface area contributed by atoms with Crippen LogP contribution < -0.4 is 5.32 Å². The Kier molecular flexibility index (Phi) is 5.56. The molecule has 1 aromatic carbocycles. The zero-order valence-corrected chi connectivity index (χ0v) is 16.7. The lowest BCUT2D eigenvalue weighted by atomic mass is 10.2. The second-order valence-electron chi connectivity index (χ2n) is 6.92. The molecule has 10 heteroatoms. The van der Waals surface area contributed by atoms with Crippen LogP contribution in [-0.2, 0) is 17.9 Å². The van der Waals surface area contributed by atoms with Gasteiger partial charge in [-0.3, -0.25) is 14.2 Å². The van der Waals surface area contributed by atoms with Crippen molar-refractivity contribution in [1.29, 1.82) is 0 Å². The van der Waals surface area contributed by atoms with Crippen LogP contribution in [0.5, 0.6) is 0 Å². The molecule has 0 aliphatic heterocycles. The van der Waals surface area contributed by atoms with E-state index in [4.69, 9.17) is 23.2 Å². The van der Waals surface area contributed by atoms with Gasteiger partial charge in [-0.05, 0) is 30.5 Å². The molecule has 1 saturated carbocycles. The fraction of sp³-hybridized carbons (Fsp3) is 0.316. The monoisotopic (exact) mass is 439 g/mol. The van der Waals surface area contributed by atoms with E-state index in [-0.39, 0.29) is 23.4 Å². The lowest BCUT2D eigenvalue weighted by Gasteiger charge is -2.10. The molecule has 2 aromatic heterocycles. The molecule has 1 aliphatic rings. The summed E-state index contributed by atoms with van der Waals surface area (Å²) in [5.41, 5.74) is 1.55. The summed E-state index contributed by atoms with van der Waals surface area (Å²) in [4.78, 5) is 12.5. The molecule has 1 fully saturated rings. The Hall–Kier alpha value is -2.45. The minimum absolute atomic E-state index is 0.0322. The third kappa shape index (κ3) is 4.59. The molecular formula is C19H17Cl2F2N5O. The number of rotatable bonds is 7. The number of benzene rings is 1. The first-order valence-electron chi connectivity index (χ1n) is 9.01. The number of halogens is 4. The van der Waals surface area contributed by atoms with Crippen LogP contribution in [0.15, 0.2) is 36.7 Å². The van der Waals surface area contributed by atoms with Gasteiger partial charge in [0.2, 0.25) is 5.91 Å². The molecule has 6 nitrogen and oxygen atoms in total. The molecule has 2 heterocycles. The van der Waals surface area contributed by atoms with Gasteiger partial charge in [0, 0.05) is 17.8 Å². The zero-order valence-electron chi connectivity index (χ0n) is 15.2. The first kappa shape index (κ1) is 19.8. The number of hydrogen-bond donors (Lipinski definition) is 1. The molecule has 152 valence electrons. The highest BCUT2D eigenvalue weighted by Crippen LogP contribution is 2.45. The topological polar surface area (TPSA) is 64.7 Å². The van der Waals surface area contributed by atoms with Crippen LogP contribution >= 0.6 is 23.2 Å². The highest BCUT2D eigenvalue weighted by Gasteiger charge is 2.34. The number of anilines is 1. The largest absolute Gasteiger partial charge is 0.324 e. The van der Waals surface area contributed by atoms with Gasteiger partial charge in [0.25, 0.3) is 6.43 Å². The first-order valence-corrected chi connectivity index (χ1v) is 9.77. The fourth-order valence-corrected chi connectivity index (χ4v) is 3.70. The molecular weight excluding hydrogens is 423 g/mol. The molecule has 1 aliphatic carbocycles. The van der Waals surface area contributed by atoms with Crippen molar-refractivity contribution in [2.45, 2.75) is 38.3 Å². The number of alkyl halides is 2. The molecule has 1 N–H and O–H groups in total. The summed E-state index contributed by atoms with van der Waals surface area (Å²) in [5.74, 6) is -0.286. The second-order valence-corrected chi connectivity index (χ2v) is 7.74. The minimum Gasteiger partial charge on any atom is -0.324 e. The number of nitrogens with zero attached hydrogens (tertiary/aromatic N) is 4. The quantitative estimate of drug-likeness (QED) is 0.569. The highest BCUT2D eigenvalue weighted by atomic mass is 35.5. The maximum atomic E-state index is 13.1. The van der Waals surface area contributed by atoms with Crippen molar-refractivity contribution in [3.05, 3.63) is 63.7 Å². The molecule has 0 atom stereocenters. The van der Waals surface area contributed by atoms with E-state index in [0.717, 1.165) is 18.4 Å². The van der Waals surface area contributed by atoms with E-state index in [9.17, 15) is 13.6 Å². The third-order valence-electron chi connectivity index (χ3n) is 4.58. The van der Waals surface area contributed by atoms with E-state index in [1.165, 1.54) is 4.68 Å². The van der Waals surface area contributed by atoms with Crippen molar-refractivity contribution in [3.8, 4) is 0 Å².